The van der Waals surface area contributed by atoms with Gasteiger partial charge in [0.1, 0.15) is 10.6 Å². The summed E-state index contributed by atoms with van der Waals surface area (Å²) >= 11 is 1.66. The number of hydrogen-bond acceptors (Lipinski definition) is 6. The average molecular weight is 305 g/mol. The van der Waals surface area contributed by atoms with E-state index in [1.807, 2.05) is 0 Å². The molecule has 0 amide bonds. The maximum absolute atomic E-state index is 4.62. The molecule has 6 heteroatoms. The highest BCUT2D eigenvalue weighted by Crippen LogP contribution is 2.27. The summed E-state index contributed by atoms with van der Waals surface area (Å²) < 4.78 is 0. The topological polar surface area (TPSA) is 53.1 Å². The van der Waals surface area contributed by atoms with Crippen molar-refractivity contribution in [1.82, 2.24) is 14.9 Å². The van der Waals surface area contributed by atoms with E-state index in [1.165, 1.54) is 19.5 Å². The van der Waals surface area contributed by atoms with Crippen molar-refractivity contribution in [3.05, 3.63) is 11.4 Å². The number of hydrogen-bond donors (Lipinski definition) is 2. The monoisotopic (exact) mass is 305 g/mol. The van der Waals surface area contributed by atoms with E-state index >= 15 is 0 Å². The number of nitrogens with one attached hydrogen (secondary N) is 2. The molecule has 0 radical (unpaired) electrons. The number of rotatable bonds is 6. The van der Waals surface area contributed by atoms with Crippen LogP contribution in [0.2, 0.25) is 0 Å². The predicted molar refractivity (Wildman–Crippen MR) is 90.3 cm³/mol. The minimum absolute atomic E-state index is 0.719. The van der Waals surface area contributed by atoms with E-state index in [0.29, 0.717) is 0 Å². The van der Waals surface area contributed by atoms with Crippen molar-refractivity contribution in [3.8, 4) is 0 Å². The molecular weight excluding hydrogens is 282 g/mol. The standard InChI is InChI=1S/C15H23N5S/c1-3-16-15-18-13(12-6-8-21-14(12)19-15)17-9-11-5-7-20(4-2)10-11/h6,8,11H,3-5,7,9-10H2,1-2H3,(H2,16,17,18,19). The van der Waals surface area contributed by atoms with Gasteiger partial charge in [-0.15, -0.1) is 11.3 Å². The molecule has 1 fully saturated rings. The first-order chi connectivity index (χ1) is 10.3. The number of nitrogens with zero attached hydrogens (tertiary/aromatic N) is 3. The van der Waals surface area contributed by atoms with Gasteiger partial charge in [-0.1, -0.05) is 6.92 Å². The van der Waals surface area contributed by atoms with Gasteiger partial charge in [0.25, 0.3) is 0 Å². The van der Waals surface area contributed by atoms with Crippen molar-refractivity contribution >= 4 is 33.3 Å². The third kappa shape index (κ3) is 3.27. The van der Waals surface area contributed by atoms with Crippen molar-refractivity contribution in [2.75, 3.05) is 43.4 Å². The second kappa shape index (κ2) is 6.58. The first-order valence-electron chi connectivity index (χ1n) is 7.75. The van der Waals surface area contributed by atoms with Crippen LogP contribution in [0.3, 0.4) is 0 Å². The van der Waals surface area contributed by atoms with Gasteiger partial charge in [-0.25, -0.2) is 4.98 Å². The minimum Gasteiger partial charge on any atom is -0.369 e. The van der Waals surface area contributed by atoms with E-state index in [2.05, 4.69) is 50.8 Å². The summed E-state index contributed by atoms with van der Waals surface area (Å²) in [5.41, 5.74) is 0. The molecule has 0 saturated carbocycles. The maximum atomic E-state index is 4.62. The lowest BCUT2D eigenvalue weighted by atomic mass is 10.1. The Morgan fingerprint density at radius 1 is 1.33 bits per heavy atom. The van der Waals surface area contributed by atoms with E-state index in [4.69, 9.17) is 0 Å². The molecule has 1 aliphatic heterocycles. The molecule has 5 nitrogen and oxygen atoms in total. The van der Waals surface area contributed by atoms with E-state index in [0.717, 1.165) is 47.5 Å². The Labute approximate surface area is 129 Å². The van der Waals surface area contributed by atoms with Crippen LogP contribution in [0.1, 0.15) is 20.3 Å². The zero-order valence-corrected chi connectivity index (χ0v) is 13.5. The Morgan fingerprint density at radius 3 is 3.00 bits per heavy atom. The number of anilines is 2. The van der Waals surface area contributed by atoms with Gasteiger partial charge in [-0.05, 0) is 43.8 Å². The van der Waals surface area contributed by atoms with Gasteiger partial charge < -0.3 is 15.5 Å². The molecule has 1 unspecified atom stereocenters. The summed E-state index contributed by atoms with van der Waals surface area (Å²) in [6.07, 6.45) is 1.28. The molecule has 1 saturated heterocycles. The van der Waals surface area contributed by atoms with E-state index < -0.39 is 0 Å². The molecule has 3 rings (SSSR count). The van der Waals surface area contributed by atoms with Gasteiger partial charge in [0.05, 0.1) is 5.39 Å². The SMILES string of the molecule is CCNc1nc(NCC2CCN(CC)C2)c2ccsc2n1. The predicted octanol–water partition coefficient (Wildman–Crippen LogP) is 2.88. The van der Waals surface area contributed by atoms with Crippen LogP contribution in [0.15, 0.2) is 11.4 Å². The van der Waals surface area contributed by atoms with Gasteiger partial charge in [0.2, 0.25) is 5.95 Å². The van der Waals surface area contributed by atoms with Gasteiger partial charge >= 0.3 is 0 Å². The highest BCUT2D eigenvalue weighted by Gasteiger charge is 2.21. The number of fused-ring (bicyclic) bond motifs is 1. The van der Waals surface area contributed by atoms with Gasteiger partial charge in [0, 0.05) is 19.6 Å². The normalized spacial score (nSPS) is 19.2. The fraction of sp³-hybridized carbons (Fsp3) is 0.600. The average Bonchev–Trinajstić information content (AvgIpc) is 3.13. The van der Waals surface area contributed by atoms with E-state index in [1.54, 1.807) is 11.3 Å². The summed E-state index contributed by atoms with van der Waals surface area (Å²) in [7, 11) is 0. The number of thiophene rings is 1. The van der Waals surface area contributed by atoms with Crippen LogP contribution in [-0.4, -0.2) is 47.6 Å². The lowest BCUT2D eigenvalue weighted by Gasteiger charge is -2.15. The highest BCUT2D eigenvalue weighted by atomic mass is 32.1. The molecule has 0 spiro atoms. The van der Waals surface area contributed by atoms with Crippen molar-refractivity contribution < 1.29 is 0 Å². The molecule has 114 valence electrons. The molecule has 0 bridgehead atoms. The second-order valence-electron chi connectivity index (χ2n) is 5.49. The van der Waals surface area contributed by atoms with Crippen LogP contribution >= 0.6 is 11.3 Å². The summed E-state index contributed by atoms with van der Waals surface area (Å²) in [4.78, 5) is 12.7. The van der Waals surface area contributed by atoms with Crippen LogP contribution in [-0.2, 0) is 0 Å². The molecule has 1 atom stereocenters. The van der Waals surface area contributed by atoms with Crippen LogP contribution < -0.4 is 10.6 Å². The molecular formula is C15H23N5S. The lowest BCUT2D eigenvalue weighted by Crippen LogP contribution is -2.22. The van der Waals surface area contributed by atoms with Gasteiger partial charge in [-0.3, -0.25) is 0 Å². The molecule has 0 aromatic carbocycles. The molecule has 3 heterocycles. The fourth-order valence-electron chi connectivity index (χ4n) is 2.84. The molecule has 2 aromatic heterocycles. The van der Waals surface area contributed by atoms with E-state index in [9.17, 15) is 0 Å². The van der Waals surface area contributed by atoms with Crippen LogP contribution in [0.5, 0.6) is 0 Å². The van der Waals surface area contributed by atoms with E-state index in [-0.39, 0.29) is 0 Å². The smallest absolute Gasteiger partial charge is 0.226 e. The Bertz CT molecular complexity index is 597. The highest BCUT2D eigenvalue weighted by molar-refractivity contribution is 7.16. The number of aromatic nitrogens is 2. The van der Waals surface area contributed by atoms with Crippen molar-refractivity contribution in [1.29, 1.82) is 0 Å². The summed E-state index contributed by atoms with van der Waals surface area (Å²) in [5, 5.41) is 9.97. The summed E-state index contributed by atoms with van der Waals surface area (Å²) in [5.74, 6) is 2.40. The van der Waals surface area contributed by atoms with Gasteiger partial charge in [-0.2, -0.15) is 4.98 Å². The lowest BCUT2D eigenvalue weighted by molar-refractivity contribution is 0.345. The minimum atomic E-state index is 0.719. The van der Waals surface area contributed by atoms with Crippen LogP contribution in [0.4, 0.5) is 11.8 Å². The summed E-state index contributed by atoms with van der Waals surface area (Å²) in [6, 6.07) is 2.10. The third-order valence-electron chi connectivity index (χ3n) is 4.04. The Kier molecular flexibility index (Phi) is 4.55. The molecule has 2 N–H and O–H groups in total. The molecule has 1 aliphatic rings. The van der Waals surface area contributed by atoms with Crippen molar-refractivity contribution in [2.45, 2.75) is 20.3 Å². The molecule has 21 heavy (non-hydrogen) atoms. The van der Waals surface area contributed by atoms with Crippen LogP contribution in [0, 0.1) is 5.92 Å². The summed E-state index contributed by atoms with van der Waals surface area (Å²) in [6.45, 7) is 9.70. The first-order valence-corrected chi connectivity index (χ1v) is 8.63. The second-order valence-corrected chi connectivity index (χ2v) is 6.39. The quantitative estimate of drug-likeness (QED) is 0.859. The maximum Gasteiger partial charge on any atom is 0.226 e. The fourth-order valence-corrected chi connectivity index (χ4v) is 3.60. The Morgan fingerprint density at radius 2 is 2.24 bits per heavy atom. The first kappa shape index (κ1) is 14.5. The Balaban J connectivity index is 1.72. The molecule has 2 aromatic rings. The zero-order chi connectivity index (χ0) is 14.7. The van der Waals surface area contributed by atoms with Crippen molar-refractivity contribution in [2.24, 2.45) is 5.92 Å². The zero-order valence-electron chi connectivity index (χ0n) is 12.7. The van der Waals surface area contributed by atoms with Crippen molar-refractivity contribution in [3.63, 3.8) is 0 Å². The van der Waals surface area contributed by atoms with Gasteiger partial charge in [0.15, 0.2) is 0 Å². The number of likely N-dealkylation sites (tertiary alicyclic amines) is 1. The molecule has 0 aliphatic carbocycles. The largest absolute Gasteiger partial charge is 0.369 e. The third-order valence-corrected chi connectivity index (χ3v) is 4.84. The Hall–Kier alpha value is -1.40. The van der Waals surface area contributed by atoms with Crippen LogP contribution in [0.25, 0.3) is 10.2 Å².